The van der Waals surface area contributed by atoms with E-state index < -0.39 is 0 Å². The van der Waals surface area contributed by atoms with E-state index in [4.69, 9.17) is 10.6 Å². The molecular formula is C12H15FN4O. The van der Waals surface area contributed by atoms with E-state index in [1.807, 2.05) is 6.07 Å². The Morgan fingerprint density at radius 2 is 2.22 bits per heavy atom. The lowest BCUT2D eigenvalue weighted by atomic mass is 10.0. The highest BCUT2D eigenvalue weighted by Crippen LogP contribution is 2.29. The van der Waals surface area contributed by atoms with Crippen molar-refractivity contribution in [2.45, 2.75) is 6.04 Å². The number of nitrogens with zero attached hydrogens (tertiary/aromatic N) is 2. The Morgan fingerprint density at radius 3 is 2.78 bits per heavy atom. The van der Waals surface area contributed by atoms with Gasteiger partial charge in [-0.1, -0.05) is 0 Å². The van der Waals surface area contributed by atoms with Gasteiger partial charge in [0.05, 0.1) is 18.8 Å². The first-order valence-corrected chi connectivity index (χ1v) is 5.45. The minimum Gasteiger partial charge on any atom is -0.496 e. The average molecular weight is 250 g/mol. The normalized spacial score (nSPS) is 12.4. The lowest BCUT2D eigenvalue weighted by Gasteiger charge is -2.19. The molecule has 1 aromatic carbocycles. The minimum atomic E-state index is -0.386. The van der Waals surface area contributed by atoms with Crippen LogP contribution in [-0.4, -0.2) is 16.9 Å². The second kappa shape index (κ2) is 5.16. The van der Waals surface area contributed by atoms with Crippen molar-refractivity contribution in [3.63, 3.8) is 0 Å². The van der Waals surface area contributed by atoms with Crippen molar-refractivity contribution in [2.75, 3.05) is 7.11 Å². The van der Waals surface area contributed by atoms with Crippen LogP contribution in [0, 0.1) is 5.82 Å². The predicted molar refractivity (Wildman–Crippen MR) is 65.3 cm³/mol. The van der Waals surface area contributed by atoms with Gasteiger partial charge in [0.2, 0.25) is 0 Å². The van der Waals surface area contributed by atoms with Crippen LogP contribution in [0.3, 0.4) is 0 Å². The van der Waals surface area contributed by atoms with Gasteiger partial charge in [0.25, 0.3) is 0 Å². The van der Waals surface area contributed by atoms with E-state index in [0.29, 0.717) is 11.3 Å². The molecule has 0 radical (unpaired) electrons. The number of aromatic nitrogens is 2. The van der Waals surface area contributed by atoms with E-state index in [1.54, 1.807) is 24.0 Å². The fourth-order valence-electron chi connectivity index (χ4n) is 1.93. The molecule has 0 saturated heterocycles. The molecule has 18 heavy (non-hydrogen) atoms. The van der Waals surface area contributed by atoms with E-state index in [-0.39, 0.29) is 11.9 Å². The fraction of sp³-hybridized carbons (Fsp3) is 0.250. The van der Waals surface area contributed by atoms with E-state index in [1.165, 1.54) is 19.2 Å². The Morgan fingerprint density at radius 1 is 1.44 bits per heavy atom. The zero-order valence-corrected chi connectivity index (χ0v) is 10.2. The second-order valence-electron chi connectivity index (χ2n) is 3.87. The van der Waals surface area contributed by atoms with Crippen molar-refractivity contribution in [1.82, 2.24) is 15.2 Å². The largest absolute Gasteiger partial charge is 0.496 e. The van der Waals surface area contributed by atoms with E-state index in [0.717, 1.165) is 5.69 Å². The second-order valence-corrected chi connectivity index (χ2v) is 3.87. The monoisotopic (exact) mass is 250 g/mol. The number of hydrogen-bond acceptors (Lipinski definition) is 4. The SMILES string of the molecule is COc1ccc(F)cc1C(NN)c1ccnn1C. The van der Waals surface area contributed by atoms with Crippen LogP contribution in [0.15, 0.2) is 30.5 Å². The third-order valence-corrected chi connectivity index (χ3v) is 2.82. The molecule has 0 fully saturated rings. The number of hydrazine groups is 1. The van der Waals surface area contributed by atoms with E-state index >= 15 is 0 Å². The van der Waals surface area contributed by atoms with Crippen LogP contribution in [0.25, 0.3) is 0 Å². The van der Waals surface area contributed by atoms with Crippen LogP contribution < -0.4 is 16.0 Å². The molecule has 0 spiro atoms. The van der Waals surface area contributed by atoms with Gasteiger partial charge >= 0.3 is 0 Å². The summed E-state index contributed by atoms with van der Waals surface area (Å²) in [6.07, 6.45) is 1.66. The summed E-state index contributed by atoms with van der Waals surface area (Å²) >= 11 is 0. The summed E-state index contributed by atoms with van der Waals surface area (Å²) in [7, 11) is 3.33. The summed E-state index contributed by atoms with van der Waals surface area (Å²) in [6.45, 7) is 0. The van der Waals surface area contributed by atoms with Crippen LogP contribution in [0.5, 0.6) is 5.75 Å². The minimum absolute atomic E-state index is 0.340. The molecular weight excluding hydrogens is 235 g/mol. The maximum Gasteiger partial charge on any atom is 0.124 e. The van der Waals surface area contributed by atoms with E-state index in [2.05, 4.69) is 10.5 Å². The lowest BCUT2D eigenvalue weighted by Crippen LogP contribution is -2.30. The predicted octanol–water partition coefficient (Wildman–Crippen LogP) is 1.12. The van der Waals surface area contributed by atoms with Gasteiger partial charge in [-0.05, 0) is 24.3 Å². The summed E-state index contributed by atoms with van der Waals surface area (Å²) in [5.41, 5.74) is 4.11. The van der Waals surface area contributed by atoms with Gasteiger partial charge < -0.3 is 4.74 Å². The van der Waals surface area contributed by atoms with Crippen LogP contribution in [0.2, 0.25) is 0 Å². The standard InChI is InChI=1S/C12H15FN4O/c1-17-10(5-6-15-17)12(16-14)9-7-8(13)3-4-11(9)18-2/h3-7,12,16H,14H2,1-2H3. The van der Waals surface area contributed by atoms with Gasteiger partial charge in [-0.2, -0.15) is 5.10 Å². The van der Waals surface area contributed by atoms with E-state index in [9.17, 15) is 4.39 Å². The van der Waals surface area contributed by atoms with Crippen molar-refractivity contribution in [3.8, 4) is 5.75 Å². The molecule has 1 unspecified atom stereocenters. The zero-order chi connectivity index (χ0) is 13.1. The molecule has 0 bridgehead atoms. The molecule has 1 heterocycles. The molecule has 2 rings (SSSR count). The fourth-order valence-corrected chi connectivity index (χ4v) is 1.93. The summed E-state index contributed by atoms with van der Waals surface area (Å²) in [5, 5.41) is 4.08. The number of benzene rings is 1. The number of methoxy groups -OCH3 is 1. The topological polar surface area (TPSA) is 65.1 Å². The number of nitrogens with two attached hydrogens (primary N) is 1. The van der Waals surface area contributed by atoms with Crippen molar-refractivity contribution < 1.29 is 9.13 Å². The number of hydrogen-bond donors (Lipinski definition) is 2. The Hall–Kier alpha value is -1.92. The van der Waals surface area contributed by atoms with Gasteiger partial charge in [-0.25, -0.2) is 9.82 Å². The molecule has 0 aliphatic rings. The maximum atomic E-state index is 13.4. The number of rotatable bonds is 4. The summed E-state index contributed by atoms with van der Waals surface area (Å²) in [5.74, 6) is 5.80. The highest BCUT2D eigenvalue weighted by atomic mass is 19.1. The number of ether oxygens (including phenoxy) is 1. The third kappa shape index (κ3) is 2.20. The van der Waals surface area contributed by atoms with Crippen LogP contribution in [0.1, 0.15) is 17.3 Å². The Kier molecular flexibility index (Phi) is 3.59. The Labute approximate surface area is 104 Å². The van der Waals surface area contributed by atoms with Gasteiger partial charge in [-0.3, -0.25) is 10.5 Å². The average Bonchev–Trinajstić information content (AvgIpc) is 2.77. The molecule has 0 aliphatic heterocycles. The van der Waals surface area contributed by atoms with Crippen molar-refractivity contribution in [1.29, 1.82) is 0 Å². The number of halogens is 1. The van der Waals surface area contributed by atoms with Gasteiger partial charge in [0, 0.05) is 18.8 Å². The first kappa shape index (κ1) is 12.5. The summed E-state index contributed by atoms with van der Waals surface area (Å²) in [6, 6.07) is 5.75. The molecule has 0 aliphatic carbocycles. The van der Waals surface area contributed by atoms with Gasteiger partial charge in [0.1, 0.15) is 11.6 Å². The Balaban J connectivity index is 2.51. The summed E-state index contributed by atoms with van der Waals surface area (Å²) in [4.78, 5) is 0. The van der Waals surface area contributed by atoms with Gasteiger partial charge in [0.15, 0.2) is 0 Å². The first-order chi connectivity index (χ1) is 8.67. The molecule has 96 valence electrons. The number of aryl methyl sites for hydroxylation is 1. The summed E-state index contributed by atoms with van der Waals surface area (Å²) < 4.78 is 20.3. The lowest BCUT2D eigenvalue weighted by molar-refractivity contribution is 0.401. The van der Waals surface area contributed by atoms with Gasteiger partial charge in [-0.15, -0.1) is 0 Å². The molecule has 2 aromatic rings. The molecule has 1 atom stereocenters. The molecule has 0 saturated carbocycles. The smallest absolute Gasteiger partial charge is 0.124 e. The Bertz CT molecular complexity index is 541. The molecule has 6 heteroatoms. The molecule has 1 aromatic heterocycles. The number of nitrogens with one attached hydrogen (secondary N) is 1. The van der Waals surface area contributed by atoms with Crippen LogP contribution >= 0.6 is 0 Å². The highest BCUT2D eigenvalue weighted by molar-refractivity contribution is 5.40. The van der Waals surface area contributed by atoms with Crippen molar-refractivity contribution in [2.24, 2.45) is 12.9 Å². The van der Waals surface area contributed by atoms with Crippen LogP contribution in [-0.2, 0) is 7.05 Å². The zero-order valence-electron chi connectivity index (χ0n) is 10.2. The molecule has 0 amide bonds. The third-order valence-electron chi connectivity index (χ3n) is 2.82. The first-order valence-electron chi connectivity index (χ1n) is 5.45. The quantitative estimate of drug-likeness (QED) is 0.630. The maximum absolute atomic E-state index is 13.4. The van der Waals surface area contributed by atoms with Crippen molar-refractivity contribution in [3.05, 3.63) is 47.5 Å². The molecule has 3 N–H and O–H groups in total. The molecule has 5 nitrogen and oxygen atoms in total. The van der Waals surface area contributed by atoms with Crippen LogP contribution in [0.4, 0.5) is 4.39 Å². The van der Waals surface area contributed by atoms with Crippen molar-refractivity contribution >= 4 is 0 Å². The highest BCUT2D eigenvalue weighted by Gasteiger charge is 2.20.